The zero-order chi connectivity index (χ0) is 19.2. The molecule has 142 valence electrons. The smallest absolute Gasteiger partial charge is 0.251 e. The number of hydrogen-bond acceptors (Lipinski definition) is 3. The van der Waals surface area contributed by atoms with E-state index in [4.69, 9.17) is 0 Å². The average Bonchev–Trinajstić information content (AvgIpc) is 2.69. The molecule has 6 heteroatoms. The van der Waals surface area contributed by atoms with Crippen LogP contribution in [0, 0.1) is 0 Å². The first-order valence-corrected chi connectivity index (χ1v) is 9.90. The number of benzene rings is 2. The lowest BCUT2D eigenvalue weighted by Gasteiger charge is -2.40. The number of nitrogens with one attached hydrogen (secondary N) is 1. The first-order chi connectivity index (χ1) is 13.0. The van der Waals surface area contributed by atoms with Gasteiger partial charge in [0.1, 0.15) is 0 Å². The number of piperazine rings is 1. The second-order valence-corrected chi connectivity index (χ2v) is 7.70. The molecule has 0 saturated carbocycles. The van der Waals surface area contributed by atoms with E-state index in [1.165, 1.54) is 0 Å². The van der Waals surface area contributed by atoms with Gasteiger partial charge in [0, 0.05) is 42.6 Å². The maximum absolute atomic E-state index is 12.8. The van der Waals surface area contributed by atoms with Crippen LogP contribution in [-0.4, -0.2) is 54.8 Å². The predicted molar refractivity (Wildman–Crippen MR) is 109 cm³/mol. The molecule has 5 nitrogen and oxygen atoms in total. The molecule has 1 N–H and O–H groups in total. The van der Waals surface area contributed by atoms with Crippen LogP contribution in [-0.2, 0) is 4.79 Å². The number of likely N-dealkylation sites (N-methyl/N-ethyl adjacent to an activating group) is 1. The van der Waals surface area contributed by atoms with Crippen molar-refractivity contribution in [2.45, 2.75) is 12.5 Å². The summed E-state index contributed by atoms with van der Waals surface area (Å²) in [6.45, 7) is 2.72. The Morgan fingerprint density at radius 2 is 1.78 bits per heavy atom. The van der Waals surface area contributed by atoms with Gasteiger partial charge in [-0.2, -0.15) is 0 Å². The van der Waals surface area contributed by atoms with Gasteiger partial charge in [0.2, 0.25) is 5.91 Å². The van der Waals surface area contributed by atoms with Crippen LogP contribution in [0.5, 0.6) is 0 Å². The summed E-state index contributed by atoms with van der Waals surface area (Å²) < 4.78 is 0.927. The Hall–Kier alpha value is -2.18. The Morgan fingerprint density at radius 1 is 1.07 bits per heavy atom. The Balaban J connectivity index is 1.57. The molecule has 1 atom stereocenters. The van der Waals surface area contributed by atoms with Crippen molar-refractivity contribution >= 4 is 27.7 Å². The number of carbonyl (C=O) groups excluding carboxylic acids is 2. The summed E-state index contributed by atoms with van der Waals surface area (Å²) in [6.07, 6.45) is 0.301. The molecule has 1 aliphatic heterocycles. The fourth-order valence-corrected chi connectivity index (χ4v) is 3.57. The zero-order valence-corrected chi connectivity index (χ0v) is 17.0. The summed E-state index contributed by atoms with van der Waals surface area (Å²) in [4.78, 5) is 29.2. The summed E-state index contributed by atoms with van der Waals surface area (Å²) in [5.74, 6) is -0.0821. The van der Waals surface area contributed by atoms with Crippen LogP contribution in [0.2, 0.25) is 0 Å². The molecule has 1 saturated heterocycles. The fourth-order valence-electron chi connectivity index (χ4n) is 3.31. The van der Waals surface area contributed by atoms with Gasteiger partial charge >= 0.3 is 0 Å². The van der Waals surface area contributed by atoms with Crippen molar-refractivity contribution in [3.8, 4) is 0 Å². The van der Waals surface area contributed by atoms with E-state index >= 15 is 0 Å². The van der Waals surface area contributed by atoms with E-state index in [1.807, 2.05) is 35.2 Å². The molecule has 0 bridgehead atoms. The lowest BCUT2D eigenvalue weighted by atomic mass is 10.0. The van der Waals surface area contributed by atoms with E-state index in [1.54, 1.807) is 12.1 Å². The van der Waals surface area contributed by atoms with Gasteiger partial charge in [-0.3, -0.25) is 9.59 Å². The van der Waals surface area contributed by atoms with Crippen LogP contribution in [0.3, 0.4) is 0 Å². The first-order valence-electron chi connectivity index (χ1n) is 9.11. The summed E-state index contributed by atoms with van der Waals surface area (Å²) in [6, 6.07) is 17.4. The number of nitrogens with zero attached hydrogens (tertiary/aromatic N) is 2. The molecule has 1 unspecified atom stereocenters. The minimum Gasteiger partial charge on any atom is -0.352 e. The highest BCUT2D eigenvalue weighted by Gasteiger charge is 2.29. The molecule has 0 aromatic heterocycles. The fraction of sp³-hybridized carbons (Fsp3) is 0.333. The average molecular weight is 430 g/mol. The summed E-state index contributed by atoms with van der Waals surface area (Å²) in [5.41, 5.74) is 1.74. The largest absolute Gasteiger partial charge is 0.352 e. The third kappa shape index (κ3) is 5.17. The number of hydrogen-bond donors (Lipinski definition) is 1. The Labute approximate surface area is 168 Å². The molecular formula is C21H24BrN3O2. The molecule has 3 rings (SSSR count). The number of halogens is 1. The highest BCUT2D eigenvalue weighted by atomic mass is 79.9. The van der Waals surface area contributed by atoms with Crippen molar-refractivity contribution in [1.82, 2.24) is 15.1 Å². The second-order valence-electron chi connectivity index (χ2n) is 6.79. The van der Waals surface area contributed by atoms with Crippen molar-refractivity contribution in [2.24, 2.45) is 0 Å². The molecule has 1 aliphatic rings. The van der Waals surface area contributed by atoms with E-state index in [2.05, 4.69) is 45.3 Å². The summed E-state index contributed by atoms with van der Waals surface area (Å²) in [7, 11) is 2.08. The highest BCUT2D eigenvalue weighted by molar-refractivity contribution is 9.10. The van der Waals surface area contributed by atoms with Crippen LogP contribution in [0.25, 0.3) is 0 Å². The number of amides is 2. The Bertz CT molecular complexity index is 780. The molecule has 2 amide bonds. The minimum atomic E-state index is -0.159. The van der Waals surface area contributed by atoms with E-state index in [0.717, 1.165) is 23.1 Å². The van der Waals surface area contributed by atoms with Crippen LogP contribution < -0.4 is 5.32 Å². The number of rotatable bonds is 5. The Morgan fingerprint density at radius 3 is 2.48 bits per heavy atom. The molecule has 2 aromatic carbocycles. The van der Waals surface area contributed by atoms with Crippen molar-refractivity contribution in [3.05, 3.63) is 70.2 Å². The quantitative estimate of drug-likeness (QED) is 0.794. The van der Waals surface area contributed by atoms with Crippen LogP contribution in [0.15, 0.2) is 59.1 Å². The molecule has 1 heterocycles. The SMILES string of the molecule is CN1CCN(C(=O)CCNC(=O)c2ccc(Br)cc2)C(c2ccccc2)C1. The van der Waals surface area contributed by atoms with Crippen molar-refractivity contribution in [2.75, 3.05) is 33.2 Å². The lowest BCUT2D eigenvalue weighted by Crippen LogP contribution is -2.49. The minimum absolute atomic E-state index is 0.0552. The van der Waals surface area contributed by atoms with E-state index in [-0.39, 0.29) is 17.9 Å². The molecule has 1 fully saturated rings. The van der Waals surface area contributed by atoms with Gasteiger partial charge in [0.25, 0.3) is 5.91 Å². The van der Waals surface area contributed by atoms with Gasteiger partial charge in [-0.25, -0.2) is 0 Å². The molecular weight excluding hydrogens is 406 g/mol. The zero-order valence-electron chi connectivity index (χ0n) is 15.4. The maximum Gasteiger partial charge on any atom is 0.251 e. The standard InChI is InChI=1S/C21H24BrN3O2/c1-24-13-14-25(19(15-24)16-5-3-2-4-6-16)20(26)11-12-23-21(27)17-7-9-18(22)10-8-17/h2-10,19H,11-15H2,1H3,(H,23,27). The second kappa shape index (κ2) is 9.15. The maximum atomic E-state index is 12.8. The molecule has 0 radical (unpaired) electrons. The molecule has 27 heavy (non-hydrogen) atoms. The third-order valence-electron chi connectivity index (χ3n) is 4.82. The van der Waals surface area contributed by atoms with E-state index < -0.39 is 0 Å². The van der Waals surface area contributed by atoms with Gasteiger partial charge < -0.3 is 15.1 Å². The van der Waals surface area contributed by atoms with E-state index in [9.17, 15) is 9.59 Å². The van der Waals surface area contributed by atoms with Gasteiger partial charge in [-0.1, -0.05) is 46.3 Å². The summed E-state index contributed by atoms with van der Waals surface area (Å²) >= 11 is 3.35. The van der Waals surface area contributed by atoms with Crippen molar-refractivity contribution in [3.63, 3.8) is 0 Å². The van der Waals surface area contributed by atoms with Crippen molar-refractivity contribution in [1.29, 1.82) is 0 Å². The van der Waals surface area contributed by atoms with Gasteiger partial charge in [-0.05, 0) is 36.9 Å². The first kappa shape index (κ1) is 19.6. The Kier molecular flexibility index (Phi) is 6.63. The van der Waals surface area contributed by atoms with Crippen LogP contribution in [0.1, 0.15) is 28.4 Å². The van der Waals surface area contributed by atoms with Gasteiger partial charge in [0.15, 0.2) is 0 Å². The molecule has 0 aliphatic carbocycles. The lowest BCUT2D eigenvalue weighted by molar-refractivity contribution is -0.136. The highest BCUT2D eigenvalue weighted by Crippen LogP contribution is 2.25. The normalized spacial score (nSPS) is 17.6. The van der Waals surface area contributed by atoms with Gasteiger partial charge in [-0.15, -0.1) is 0 Å². The van der Waals surface area contributed by atoms with Gasteiger partial charge in [0.05, 0.1) is 6.04 Å². The third-order valence-corrected chi connectivity index (χ3v) is 5.35. The van der Waals surface area contributed by atoms with Crippen LogP contribution >= 0.6 is 15.9 Å². The molecule has 2 aromatic rings. The number of carbonyl (C=O) groups is 2. The summed E-state index contributed by atoms with van der Waals surface area (Å²) in [5, 5.41) is 2.84. The van der Waals surface area contributed by atoms with Crippen LogP contribution in [0.4, 0.5) is 0 Å². The van der Waals surface area contributed by atoms with E-state index in [0.29, 0.717) is 25.1 Å². The predicted octanol–water partition coefficient (Wildman–Crippen LogP) is 3.08. The van der Waals surface area contributed by atoms with Crippen molar-refractivity contribution < 1.29 is 9.59 Å². The topological polar surface area (TPSA) is 52.6 Å². The monoisotopic (exact) mass is 429 g/mol. The molecule has 0 spiro atoms.